The molecule has 1 aliphatic rings. The molecule has 1 aromatic heterocycles. The van der Waals surface area contributed by atoms with Crippen LogP contribution in [0.1, 0.15) is 22.8 Å². The van der Waals surface area contributed by atoms with E-state index in [0.29, 0.717) is 0 Å². The van der Waals surface area contributed by atoms with Crippen LogP contribution in [0.2, 0.25) is 0 Å². The molecule has 15 heteroatoms. The lowest BCUT2D eigenvalue weighted by Gasteiger charge is -2.28. The predicted molar refractivity (Wildman–Crippen MR) is 104 cm³/mol. The number of nitrogens with zero attached hydrogens (tertiary/aromatic N) is 1. The number of ether oxygens (including phenoxy) is 1. The van der Waals surface area contributed by atoms with Crippen molar-refractivity contribution in [3.63, 3.8) is 0 Å². The van der Waals surface area contributed by atoms with Crippen LogP contribution in [0, 0.1) is 4.77 Å². The van der Waals surface area contributed by atoms with Crippen LogP contribution in [0.15, 0.2) is 17.1 Å². The van der Waals surface area contributed by atoms with E-state index in [2.05, 4.69) is 14.0 Å². The number of aromatic amines is 1. The standard InChI is InChI=1S/C15H26N3O10PS/c1-7(19)11(21)8(16)5-26-29(24,25)27-6-9-12(22)15(2,23)13(28-9)18-4-3-10(20)17-14(18)30/h3-4,7-9,11-13,19,21-23H,5-6,16H2,1-2H3,(H,24,25)(H,17,20,30)/t7-,8?,9-,11-,12+,13-,15?/m1/s1/i6D2. The van der Waals surface area contributed by atoms with E-state index in [9.17, 15) is 34.7 Å². The Hall–Kier alpha value is -1.03. The van der Waals surface area contributed by atoms with Gasteiger partial charge in [-0.05, 0) is 26.1 Å². The van der Waals surface area contributed by atoms with Crippen LogP contribution in [0.3, 0.4) is 0 Å². The number of aliphatic hydroxyl groups excluding tert-OH is 3. The molecule has 2 rings (SSSR count). The fourth-order valence-corrected chi connectivity index (χ4v) is 3.54. The quantitative estimate of drug-likeness (QED) is 0.155. The van der Waals surface area contributed by atoms with E-state index in [-0.39, 0.29) is 4.77 Å². The van der Waals surface area contributed by atoms with Crippen molar-refractivity contribution in [2.24, 2.45) is 5.73 Å². The molecule has 0 radical (unpaired) electrons. The summed E-state index contributed by atoms with van der Waals surface area (Å²) in [6.45, 7) is -1.62. The number of phosphoric acid groups is 1. The van der Waals surface area contributed by atoms with Gasteiger partial charge in [0.25, 0.3) is 5.56 Å². The lowest BCUT2D eigenvalue weighted by atomic mass is 9.96. The Bertz CT molecular complexity index is 973. The van der Waals surface area contributed by atoms with Crippen molar-refractivity contribution in [1.82, 2.24) is 9.55 Å². The first-order chi connectivity index (χ1) is 14.5. The van der Waals surface area contributed by atoms with Gasteiger partial charge in [0.05, 0.1) is 34.2 Å². The normalized spacial score (nSPS) is 33.3. The zero-order valence-electron chi connectivity index (χ0n) is 18.0. The Kier molecular flexibility index (Phi) is 7.12. The maximum atomic E-state index is 12.2. The molecular formula is C15H26N3O10PS. The number of H-pyrrole nitrogens is 1. The number of hydrogen-bond donors (Lipinski definition) is 7. The second-order valence-corrected chi connectivity index (χ2v) is 8.73. The summed E-state index contributed by atoms with van der Waals surface area (Å²) in [5.41, 5.74) is 2.81. The van der Waals surface area contributed by atoms with Gasteiger partial charge in [-0.2, -0.15) is 0 Å². The van der Waals surface area contributed by atoms with Crippen LogP contribution in [0.5, 0.6) is 0 Å². The Morgan fingerprint density at radius 1 is 1.53 bits per heavy atom. The summed E-state index contributed by atoms with van der Waals surface area (Å²) in [6.07, 6.45) is -7.09. The van der Waals surface area contributed by atoms with E-state index in [1.165, 1.54) is 6.92 Å². The third-order valence-electron chi connectivity index (χ3n) is 4.41. The van der Waals surface area contributed by atoms with Gasteiger partial charge in [0, 0.05) is 12.3 Å². The number of rotatable bonds is 9. The molecule has 0 spiro atoms. The Labute approximate surface area is 179 Å². The van der Waals surface area contributed by atoms with Crippen LogP contribution >= 0.6 is 20.0 Å². The predicted octanol–water partition coefficient (Wildman–Crippen LogP) is -1.88. The summed E-state index contributed by atoms with van der Waals surface area (Å²) in [4.78, 5) is 23.5. The van der Waals surface area contributed by atoms with E-state index < -0.39 is 68.8 Å². The Morgan fingerprint density at radius 3 is 2.73 bits per heavy atom. The highest BCUT2D eigenvalue weighted by atomic mass is 32.1. The minimum absolute atomic E-state index is 0.195. The van der Waals surface area contributed by atoms with Gasteiger partial charge in [-0.1, -0.05) is 0 Å². The maximum absolute atomic E-state index is 12.2. The fourth-order valence-electron chi connectivity index (χ4n) is 2.64. The third-order valence-corrected chi connectivity index (χ3v) is 5.54. The van der Waals surface area contributed by atoms with E-state index in [1.807, 2.05) is 0 Å². The first-order valence-electron chi connectivity index (χ1n) is 9.67. The summed E-state index contributed by atoms with van der Waals surface area (Å²) < 4.78 is 43.5. The molecule has 0 amide bonds. The first kappa shape index (κ1) is 22.2. The number of phosphoric ester groups is 1. The molecule has 13 nitrogen and oxygen atoms in total. The van der Waals surface area contributed by atoms with Crippen molar-refractivity contribution in [2.75, 3.05) is 13.2 Å². The highest BCUT2D eigenvalue weighted by Gasteiger charge is 2.53. The molecule has 1 saturated heterocycles. The molecule has 8 atom stereocenters. The maximum Gasteiger partial charge on any atom is 0.472 e. The lowest BCUT2D eigenvalue weighted by molar-refractivity contribution is -0.0979. The van der Waals surface area contributed by atoms with Gasteiger partial charge >= 0.3 is 7.82 Å². The molecule has 0 aromatic carbocycles. The summed E-state index contributed by atoms with van der Waals surface area (Å²) in [7, 11) is -5.16. The van der Waals surface area contributed by atoms with Crippen LogP contribution in [0.4, 0.5) is 0 Å². The van der Waals surface area contributed by atoms with Gasteiger partial charge in [-0.15, -0.1) is 0 Å². The topological polar surface area (TPSA) is 210 Å². The summed E-state index contributed by atoms with van der Waals surface area (Å²) in [5.74, 6) is 0. The van der Waals surface area contributed by atoms with Gasteiger partial charge < -0.3 is 35.8 Å². The third kappa shape index (κ3) is 5.81. The molecule has 1 fully saturated rings. The molecule has 0 aliphatic carbocycles. The average molecular weight is 473 g/mol. The largest absolute Gasteiger partial charge is 0.472 e. The van der Waals surface area contributed by atoms with Crippen molar-refractivity contribution in [3.8, 4) is 0 Å². The van der Waals surface area contributed by atoms with Crippen molar-refractivity contribution >= 4 is 20.0 Å². The molecule has 1 aromatic rings. The van der Waals surface area contributed by atoms with Crippen molar-refractivity contribution in [3.05, 3.63) is 27.4 Å². The van der Waals surface area contributed by atoms with Crippen LogP contribution in [0.25, 0.3) is 0 Å². The Morgan fingerprint density at radius 2 is 2.17 bits per heavy atom. The van der Waals surface area contributed by atoms with E-state index in [1.54, 1.807) is 0 Å². The number of nitrogens with two attached hydrogens (primary N) is 1. The smallest absolute Gasteiger partial charge is 0.391 e. The van der Waals surface area contributed by atoms with Crippen molar-refractivity contribution in [1.29, 1.82) is 0 Å². The monoisotopic (exact) mass is 473 g/mol. The van der Waals surface area contributed by atoms with Gasteiger partial charge in [-0.3, -0.25) is 23.4 Å². The second-order valence-electron chi connectivity index (χ2n) is 6.97. The van der Waals surface area contributed by atoms with Gasteiger partial charge in [0.2, 0.25) is 0 Å². The van der Waals surface area contributed by atoms with Crippen molar-refractivity contribution in [2.45, 2.75) is 56.1 Å². The summed E-state index contributed by atoms with van der Waals surface area (Å²) >= 11 is 4.99. The second kappa shape index (κ2) is 9.63. The first-order valence-corrected chi connectivity index (χ1v) is 10.6. The van der Waals surface area contributed by atoms with E-state index in [0.717, 1.165) is 23.8 Å². The number of aromatic nitrogens is 2. The highest BCUT2D eigenvalue weighted by Crippen LogP contribution is 2.45. The zero-order chi connectivity index (χ0) is 24.6. The van der Waals surface area contributed by atoms with Crippen LogP contribution < -0.4 is 11.3 Å². The average Bonchev–Trinajstić information content (AvgIpc) is 2.89. The minimum Gasteiger partial charge on any atom is -0.391 e. The van der Waals surface area contributed by atoms with Gasteiger partial charge in [-0.25, -0.2) is 4.57 Å². The molecule has 0 saturated carbocycles. The molecule has 8 N–H and O–H groups in total. The number of aliphatic hydroxyl groups is 4. The molecule has 1 aliphatic heterocycles. The Balaban J connectivity index is 2.19. The summed E-state index contributed by atoms with van der Waals surface area (Å²) in [5, 5.41) is 40.1. The van der Waals surface area contributed by atoms with Gasteiger partial charge in [0.1, 0.15) is 17.8 Å². The molecule has 0 bridgehead atoms. The van der Waals surface area contributed by atoms with Crippen molar-refractivity contribution < 1.29 is 46.4 Å². The molecule has 3 unspecified atom stereocenters. The summed E-state index contributed by atoms with van der Waals surface area (Å²) in [6, 6.07) is -0.244. The van der Waals surface area contributed by atoms with E-state index >= 15 is 0 Å². The fraction of sp³-hybridized carbons (Fsp3) is 0.733. The van der Waals surface area contributed by atoms with Crippen LogP contribution in [-0.4, -0.2) is 84.1 Å². The number of hydrogen-bond acceptors (Lipinski definition) is 11. The number of nitrogens with one attached hydrogen (secondary N) is 1. The molecular weight excluding hydrogens is 445 g/mol. The zero-order valence-corrected chi connectivity index (χ0v) is 17.7. The van der Waals surface area contributed by atoms with Gasteiger partial charge in [0.15, 0.2) is 11.0 Å². The molecule has 172 valence electrons. The van der Waals surface area contributed by atoms with E-state index in [4.69, 9.17) is 25.4 Å². The molecule has 2 heterocycles. The SMILES string of the molecule is [2H]C([2H])(OP(=O)(O)OCC(N)[C@H](O)[C@@H](C)O)[C@H]1O[C@@H](n2ccc(=O)[nH]c2=S)C(C)(O)[C@H]1O. The lowest BCUT2D eigenvalue weighted by Crippen LogP contribution is -2.45. The minimum atomic E-state index is -5.16. The van der Waals surface area contributed by atoms with Crippen LogP contribution in [-0.2, 0) is 18.3 Å². The molecule has 30 heavy (non-hydrogen) atoms. The highest BCUT2D eigenvalue weighted by molar-refractivity contribution is 7.71.